The van der Waals surface area contributed by atoms with E-state index in [9.17, 15) is 8.78 Å². The predicted octanol–water partition coefficient (Wildman–Crippen LogP) is 5.33. The first-order valence-corrected chi connectivity index (χ1v) is 8.58. The van der Waals surface area contributed by atoms with Crippen molar-refractivity contribution >= 4 is 52.0 Å². The number of rotatable bonds is 4. The number of benzene rings is 2. The Labute approximate surface area is 163 Å². The van der Waals surface area contributed by atoms with Crippen molar-refractivity contribution in [3.8, 4) is 0 Å². The maximum absolute atomic E-state index is 13.8. The highest BCUT2D eigenvalue weighted by Crippen LogP contribution is 2.21. The Bertz CT molecular complexity index is 941. The van der Waals surface area contributed by atoms with Crippen LogP contribution >= 0.6 is 35.4 Å². The second-order valence-electron chi connectivity index (χ2n) is 5.31. The van der Waals surface area contributed by atoms with Crippen molar-refractivity contribution in [3.05, 3.63) is 75.9 Å². The average molecular weight is 413 g/mol. The summed E-state index contributed by atoms with van der Waals surface area (Å²) in [5.41, 5.74) is 0.886. The van der Waals surface area contributed by atoms with Crippen LogP contribution in [0, 0.1) is 11.6 Å². The molecule has 0 radical (unpaired) electrons. The molecular formula is C17H12Cl2F2N4S. The number of aromatic nitrogens is 2. The number of hydrogen-bond donors (Lipinski definition) is 2. The van der Waals surface area contributed by atoms with Gasteiger partial charge in [-0.1, -0.05) is 29.3 Å². The van der Waals surface area contributed by atoms with Gasteiger partial charge in [-0.2, -0.15) is 5.10 Å². The van der Waals surface area contributed by atoms with Crippen molar-refractivity contribution in [2.45, 2.75) is 6.54 Å². The van der Waals surface area contributed by atoms with Gasteiger partial charge < -0.3 is 10.6 Å². The largest absolute Gasteiger partial charge is 0.332 e. The van der Waals surface area contributed by atoms with Crippen LogP contribution in [-0.4, -0.2) is 14.9 Å². The van der Waals surface area contributed by atoms with Crippen molar-refractivity contribution in [2.24, 2.45) is 0 Å². The Morgan fingerprint density at radius 3 is 2.58 bits per heavy atom. The van der Waals surface area contributed by atoms with Crippen LogP contribution in [0.25, 0.3) is 0 Å². The first-order chi connectivity index (χ1) is 12.4. The number of halogens is 4. The lowest BCUT2D eigenvalue weighted by Crippen LogP contribution is -2.19. The number of anilines is 2. The van der Waals surface area contributed by atoms with Crippen LogP contribution in [0.5, 0.6) is 0 Å². The van der Waals surface area contributed by atoms with Gasteiger partial charge in [0.15, 0.2) is 10.9 Å². The van der Waals surface area contributed by atoms with Crippen LogP contribution in [0.1, 0.15) is 5.56 Å². The van der Waals surface area contributed by atoms with Crippen LogP contribution in [0.3, 0.4) is 0 Å². The van der Waals surface area contributed by atoms with Crippen LogP contribution in [-0.2, 0) is 6.54 Å². The average Bonchev–Trinajstić information content (AvgIpc) is 3.01. The van der Waals surface area contributed by atoms with E-state index >= 15 is 0 Å². The Morgan fingerprint density at radius 1 is 1.04 bits per heavy atom. The minimum Gasteiger partial charge on any atom is -0.332 e. The molecule has 0 spiro atoms. The molecule has 0 saturated carbocycles. The molecule has 0 fully saturated rings. The molecule has 0 amide bonds. The minimum absolute atomic E-state index is 0.0103. The zero-order valence-corrected chi connectivity index (χ0v) is 15.5. The van der Waals surface area contributed by atoms with Gasteiger partial charge in [-0.3, -0.25) is 4.68 Å². The lowest BCUT2D eigenvalue weighted by atomic mass is 10.2. The first kappa shape index (κ1) is 18.6. The van der Waals surface area contributed by atoms with Gasteiger partial charge in [0.1, 0.15) is 11.6 Å². The van der Waals surface area contributed by atoms with E-state index in [1.807, 2.05) is 0 Å². The molecule has 0 unspecified atom stereocenters. The third-order valence-electron chi connectivity index (χ3n) is 3.44. The van der Waals surface area contributed by atoms with Gasteiger partial charge >= 0.3 is 0 Å². The van der Waals surface area contributed by atoms with E-state index in [2.05, 4.69) is 15.7 Å². The maximum atomic E-state index is 13.8. The fourth-order valence-electron chi connectivity index (χ4n) is 2.21. The summed E-state index contributed by atoms with van der Waals surface area (Å²) < 4.78 is 28.5. The van der Waals surface area contributed by atoms with Gasteiger partial charge in [0, 0.05) is 28.5 Å². The van der Waals surface area contributed by atoms with E-state index in [4.69, 9.17) is 35.4 Å². The highest BCUT2D eigenvalue weighted by molar-refractivity contribution is 7.80. The lowest BCUT2D eigenvalue weighted by Gasteiger charge is -2.09. The molecule has 9 heteroatoms. The summed E-state index contributed by atoms with van der Waals surface area (Å²) in [5.74, 6) is -0.447. The summed E-state index contributed by atoms with van der Waals surface area (Å²) in [5, 5.41) is 10.6. The number of nitrogens with zero attached hydrogens (tertiary/aromatic N) is 2. The van der Waals surface area contributed by atoms with Crippen LogP contribution in [0.4, 0.5) is 20.3 Å². The molecule has 2 aromatic carbocycles. The molecule has 0 atom stereocenters. The standard InChI is InChI=1S/C17H12Cl2F2N4S/c18-12-2-1-3-14(20)11(12)9-25-7-6-16(24-25)23-17(26)22-10-4-5-15(21)13(19)8-10/h1-8H,9H2,(H2,22,23,24,26). The van der Waals surface area contributed by atoms with E-state index in [1.54, 1.807) is 24.4 Å². The normalized spacial score (nSPS) is 10.6. The number of hydrogen-bond acceptors (Lipinski definition) is 2. The molecule has 26 heavy (non-hydrogen) atoms. The van der Waals surface area contributed by atoms with Gasteiger partial charge in [0.2, 0.25) is 0 Å². The lowest BCUT2D eigenvalue weighted by molar-refractivity contribution is 0.586. The number of thiocarbonyl (C=S) groups is 1. The Kier molecular flexibility index (Phi) is 5.70. The second-order valence-corrected chi connectivity index (χ2v) is 6.53. The van der Waals surface area contributed by atoms with Crippen molar-refractivity contribution in [2.75, 3.05) is 10.6 Å². The Morgan fingerprint density at radius 2 is 1.85 bits per heavy atom. The first-order valence-electron chi connectivity index (χ1n) is 7.42. The van der Waals surface area contributed by atoms with Gasteiger partial charge in [0.05, 0.1) is 11.6 Å². The molecule has 0 aliphatic heterocycles. The second kappa shape index (κ2) is 7.99. The van der Waals surface area contributed by atoms with Crippen molar-refractivity contribution in [1.29, 1.82) is 0 Å². The molecule has 0 aliphatic rings. The third-order valence-corrected chi connectivity index (χ3v) is 4.29. The van der Waals surface area contributed by atoms with Crippen LogP contribution in [0.2, 0.25) is 10.0 Å². The SMILES string of the molecule is Fc1ccc(NC(=S)Nc2ccn(Cc3c(F)cccc3Cl)n2)cc1Cl. The highest BCUT2D eigenvalue weighted by atomic mass is 35.5. The van der Waals surface area contributed by atoms with E-state index in [-0.39, 0.29) is 16.7 Å². The van der Waals surface area contributed by atoms with Gasteiger partial charge in [-0.05, 0) is 42.5 Å². The summed E-state index contributed by atoms with van der Waals surface area (Å²) in [6, 6.07) is 10.4. The topological polar surface area (TPSA) is 41.9 Å². The zero-order chi connectivity index (χ0) is 18.7. The Balaban J connectivity index is 1.64. The summed E-state index contributed by atoms with van der Waals surface area (Å²) in [7, 11) is 0. The monoisotopic (exact) mass is 412 g/mol. The summed E-state index contributed by atoms with van der Waals surface area (Å²) in [4.78, 5) is 0. The quantitative estimate of drug-likeness (QED) is 0.568. The molecular weight excluding hydrogens is 401 g/mol. The summed E-state index contributed by atoms with van der Waals surface area (Å²) >= 11 is 16.9. The van der Waals surface area contributed by atoms with E-state index in [0.717, 1.165) is 0 Å². The van der Waals surface area contributed by atoms with Crippen molar-refractivity contribution in [3.63, 3.8) is 0 Å². The number of nitrogens with one attached hydrogen (secondary N) is 2. The third kappa shape index (κ3) is 4.49. The van der Waals surface area contributed by atoms with Crippen LogP contribution < -0.4 is 10.6 Å². The highest BCUT2D eigenvalue weighted by Gasteiger charge is 2.09. The van der Waals surface area contributed by atoms with Gasteiger partial charge in [-0.25, -0.2) is 8.78 Å². The molecule has 134 valence electrons. The molecule has 4 nitrogen and oxygen atoms in total. The molecule has 2 N–H and O–H groups in total. The molecule has 3 aromatic rings. The molecule has 1 aromatic heterocycles. The zero-order valence-electron chi connectivity index (χ0n) is 13.1. The molecule has 0 saturated heterocycles. The summed E-state index contributed by atoms with van der Waals surface area (Å²) in [6.07, 6.45) is 1.67. The molecule has 1 heterocycles. The van der Waals surface area contributed by atoms with Gasteiger partial charge in [0.25, 0.3) is 0 Å². The molecule has 0 aliphatic carbocycles. The predicted molar refractivity (Wildman–Crippen MR) is 104 cm³/mol. The van der Waals surface area contributed by atoms with E-state index in [0.29, 0.717) is 22.1 Å². The maximum Gasteiger partial charge on any atom is 0.176 e. The van der Waals surface area contributed by atoms with Crippen molar-refractivity contribution < 1.29 is 8.78 Å². The van der Waals surface area contributed by atoms with Crippen molar-refractivity contribution in [1.82, 2.24) is 9.78 Å². The fourth-order valence-corrected chi connectivity index (χ4v) is 2.84. The van der Waals surface area contributed by atoms with Gasteiger partial charge in [-0.15, -0.1) is 0 Å². The Hall–Kier alpha value is -2.22. The summed E-state index contributed by atoms with van der Waals surface area (Å²) in [6.45, 7) is 0.181. The minimum atomic E-state index is -0.512. The van der Waals surface area contributed by atoms with E-state index < -0.39 is 11.6 Å². The van der Waals surface area contributed by atoms with E-state index in [1.165, 1.54) is 28.9 Å². The smallest absolute Gasteiger partial charge is 0.176 e. The molecule has 0 bridgehead atoms. The van der Waals surface area contributed by atoms with Crippen LogP contribution in [0.15, 0.2) is 48.7 Å². The molecule has 3 rings (SSSR count). The fraction of sp³-hybridized carbons (Fsp3) is 0.0588.